The van der Waals surface area contributed by atoms with Crippen molar-refractivity contribution in [3.05, 3.63) is 11.6 Å². The van der Waals surface area contributed by atoms with Gasteiger partial charge in [0.1, 0.15) is 6.10 Å². The first kappa shape index (κ1) is 23.4. The highest BCUT2D eigenvalue weighted by molar-refractivity contribution is 5.25. The zero-order valence-corrected chi connectivity index (χ0v) is 21.7. The average Bonchev–Trinajstić information content (AvgIpc) is 3.51. The fraction of sp³-hybridized carbons (Fsp3) is 0.933. The number of epoxide rings is 1. The summed E-state index contributed by atoms with van der Waals surface area (Å²) >= 11 is 0. The Balaban J connectivity index is 1.25. The third-order valence-electron chi connectivity index (χ3n) is 11.2. The van der Waals surface area contributed by atoms with Gasteiger partial charge in [0.15, 0.2) is 0 Å². The van der Waals surface area contributed by atoms with Crippen molar-refractivity contribution in [1.29, 1.82) is 0 Å². The van der Waals surface area contributed by atoms with Crippen molar-refractivity contribution >= 4 is 0 Å². The fourth-order valence-electron chi connectivity index (χ4n) is 9.20. The molecule has 1 saturated heterocycles. The van der Waals surface area contributed by atoms with Crippen LogP contribution in [-0.4, -0.2) is 25.4 Å². The third kappa shape index (κ3) is 4.26. The van der Waals surface area contributed by atoms with Gasteiger partial charge in [0.2, 0.25) is 0 Å². The van der Waals surface area contributed by atoms with Crippen LogP contribution in [0.15, 0.2) is 11.6 Å². The number of allylic oxidation sites excluding steroid dienone is 1. The standard InChI is InChI=1S/C30H50O2/c1-20(2)7-6-8-21(3)26-11-12-27-25-10-9-22-17-23(31-18-24-19-32-24)13-15-29(22,4)28(25)14-16-30(26,27)5/h9,20-21,23-28H,6-8,10-19H2,1-5H3/t21?,23-,24-,25?,26+,27?,28?,29-,30?/m0/s1. The molecule has 4 fully saturated rings. The molecule has 0 aromatic rings. The van der Waals surface area contributed by atoms with Crippen LogP contribution in [0.1, 0.15) is 105 Å². The quantitative estimate of drug-likeness (QED) is 0.282. The molecule has 2 heteroatoms. The Hall–Kier alpha value is -0.340. The lowest BCUT2D eigenvalue weighted by Gasteiger charge is -2.58. The first-order chi connectivity index (χ1) is 15.3. The van der Waals surface area contributed by atoms with Crippen LogP contribution < -0.4 is 0 Å². The number of hydrogen-bond acceptors (Lipinski definition) is 2. The van der Waals surface area contributed by atoms with Gasteiger partial charge in [-0.25, -0.2) is 0 Å². The molecular formula is C30H50O2. The monoisotopic (exact) mass is 442 g/mol. The van der Waals surface area contributed by atoms with E-state index in [1.807, 2.05) is 0 Å². The Bertz CT molecular complexity index is 693. The van der Waals surface area contributed by atoms with Crippen LogP contribution >= 0.6 is 0 Å². The highest BCUT2D eigenvalue weighted by Crippen LogP contribution is 2.67. The normalized spacial score (nSPS) is 46.2. The molecule has 5 unspecified atom stereocenters. The van der Waals surface area contributed by atoms with Gasteiger partial charge in [0.25, 0.3) is 0 Å². The molecule has 0 aromatic heterocycles. The Morgan fingerprint density at radius 1 is 1.03 bits per heavy atom. The molecule has 0 aromatic carbocycles. The fourth-order valence-corrected chi connectivity index (χ4v) is 9.20. The summed E-state index contributed by atoms with van der Waals surface area (Å²) < 4.78 is 11.6. The van der Waals surface area contributed by atoms with Crippen LogP contribution in [0.25, 0.3) is 0 Å². The van der Waals surface area contributed by atoms with E-state index >= 15 is 0 Å². The number of hydrogen-bond donors (Lipinski definition) is 0. The minimum Gasteiger partial charge on any atom is -0.375 e. The van der Waals surface area contributed by atoms with E-state index in [0.29, 0.717) is 23.0 Å². The zero-order chi connectivity index (χ0) is 22.5. The first-order valence-electron chi connectivity index (χ1n) is 14.2. The van der Waals surface area contributed by atoms with Crippen LogP contribution in [0.3, 0.4) is 0 Å². The van der Waals surface area contributed by atoms with Crippen LogP contribution in [0.5, 0.6) is 0 Å². The van der Waals surface area contributed by atoms with Gasteiger partial charge in [0.05, 0.1) is 19.3 Å². The molecule has 0 N–H and O–H groups in total. The highest BCUT2D eigenvalue weighted by Gasteiger charge is 2.59. The second-order valence-electron chi connectivity index (χ2n) is 13.4. The maximum absolute atomic E-state index is 6.24. The van der Waals surface area contributed by atoms with Crippen LogP contribution in [0.2, 0.25) is 0 Å². The molecule has 1 heterocycles. The summed E-state index contributed by atoms with van der Waals surface area (Å²) in [7, 11) is 0. The number of ether oxygens (including phenoxy) is 2. The Kier molecular flexibility index (Phi) is 6.60. The van der Waals surface area contributed by atoms with Crippen molar-refractivity contribution in [2.45, 2.75) is 117 Å². The predicted molar refractivity (Wildman–Crippen MR) is 133 cm³/mol. The average molecular weight is 443 g/mol. The van der Waals surface area contributed by atoms with Crippen molar-refractivity contribution in [2.24, 2.45) is 46.3 Å². The zero-order valence-electron chi connectivity index (χ0n) is 21.7. The summed E-state index contributed by atoms with van der Waals surface area (Å²) in [5, 5.41) is 0. The van der Waals surface area contributed by atoms with E-state index in [4.69, 9.17) is 9.47 Å². The van der Waals surface area contributed by atoms with Gasteiger partial charge in [-0.3, -0.25) is 0 Å². The van der Waals surface area contributed by atoms with E-state index in [9.17, 15) is 0 Å². The summed E-state index contributed by atoms with van der Waals surface area (Å²) in [6.07, 6.45) is 18.9. The second-order valence-corrected chi connectivity index (χ2v) is 13.4. The maximum atomic E-state index is 6.24. The third-order valence-corrected chi connectivity index (χ3v) is 11.2. The number of rotatable bonds is 8. The smallest absolute Gasteiger partial charge is 0.104 e. The van der Waals surface area contributed by atoms with Gasteiger partial charge >= 0.3 is 0 Å². The molecule has 32 heavy (non-hydrogen) atoms. The predicted octanol–water partition coefficient (Wildman–Crippen LogP) is 7.81. The molecule has 5 aliphatic rings. The maximum Gasteiger partial charge on any atom is 0.104 e. The van der Waals surface area contributed by atoms with E-state index in [-0.39, 0.29) is 0 Å². The molecular weight excluding hydrogens is 392 g/mol. The lowest BCUT2D eigenvalue weighted by Crippen LogP contribution is -2.51. The van der Waals surface area contributed by atoms with E-state index in [2.05, 4.69) is 40.7 Å². The molecule has 5 rings (SSSR count). The SMILES string of the molecule is CC(C)CCCC(C)[C@H]1CCC2C3CC=C4C[C@@H](OC[C@H]5CO5)CC[C@]4(C)C3CCC21C. The summed E-state index contributed by atoms with van der Waals surface area (Å²) in [5.74, 6) is 5.56. The van der Waals surface area contributed by atoms with Gasteiger partial charge in [-0.1, -0.05) is 65.5 Å². The van der Waals surface area contributed by atoms with E-state index < -0.39 is 0 Å². The summed E-state index contributed by atoms with van der Waals surface area (Å²) in [6, 6.07) is 0. The van der Waals surface area contributed by atoms with Gasteiger partial charge < -0.3 is 9.47 Å². The highest BCUT2D eigenvalue weighted by atomic mass is 16.6. The van der Waals surface area contributed by atoms with Gasteiger partial charge in [0, 0.05) is 0 Å². The largest absolute Gasteiger partial charge is 0.375 e. The molecule has 9 atom stereocenters. The Morgan fingerprint density at radius 3 is 2.59 bits per heavy atom. The van der Waals surface area contributed by atoms with Crippen LogP contribution in [-0.2, 0) is 9.47 Å². The van der Waals surface area contributed by atoms with Crippen LogP contribution in [0.4, 0.5) is 0 Å². The molecule has 0 radical (unpaired) electrons. The Morgan fingerprint density at radius 2 is 1.84 bits per heavy atom. The van der Waals surface area contributed by atoms with Crippen LogP contribution in [0, 0.1) is 46.3 Å². The van der Waals surface area contributed by atoms with Gasteiger partial charge in [-0.2, -0.15) is 0 Å². The van der Waals surface area contributed by atoms with E-state index in [1.165, 1.54) is 70.6 Å². The molecule has 4 aliphatic carbocycles. The first-order valence-corrected chi connectivity index (χ1v) is 14.2. The van der Waals surface area contributed by atoms with Crippen molar-refractivity contribution < 1.29 is 9.47 Å². The topological polar surface area (TPSA) is 21.8 Å². The summed E-state index contributed by atoms with van der Waals surface area (Å²) in [6.45, 7) is 14.4. The molecule has 3 saturated carbocycles. The lowest BCUT2D eigenvalue weighted by atomic mass is 9.47. The van der Waals surface area contributed by atoms with Gasteiger partial charge in [-0.05, 0) is 97.7 Å². The van der Waals surface area contributed by atoms with E-state index in [0.717, 1.165) is 48.7 Å². The summed E-state index contributed by atoms with van der Waals surface area (Å²) in [5.41, 5.74) is 2.80. The van der Waals surface area contributed by atoms with Gasteiger partial charge in [-0.15, -0.1) is 0 Å². The molecule has 0 bridgehead atoms. The minimum absolute atomic E-state index is 0.395. The molecule has 0 amide bonds. The lowest BCUT2D eigenvalue weighted by molar-refractivity contribution is -0.0647. The molecule has 182 valence electrons. The number of fused-ring (bicyclic) bond motifs is 5. The molecule has 2 nitrogen and oxygen atoms in total. The summed E-state index contributed by atoms with van der Waals surface area (Å²) in [4.78, 5) is 0. The second kappa shape index (κ2) is 9.03. The van der Waals surface area contributed by atoms with Crippen molar-refractivity contribution in [3.63, 3.8) is 0 Å². The van der Waals surface area contributed by atoms with Crippen molar-refractivity contribution in [2.75, 3.05) is 13.2 Å². The molecule has 0 spiro atoms. The molecule has 1 aliphatic heterocycles. The van der Waals surface area contributed by atoms with Crippen molar-refractivity contribution in [1.82, 2.24) is 0 Å². The Labute approximate surface area is 198 Å². The minimum atomic E-state index is 0.395. The van der Waals surface area contributed by atoms with Crippen molar-refractivity contribution in [3.8, 4) is 0 Å². The van der Waals surface area contributed by atoms with E-state index in [1.54, 1.807) is 5.57 Å².